The lowest BCUT2D eigenvalue weighted by molar-refractivity contribution is -0.134. The lowest BCUT2D eigenvalue weighted by atomic mass is 9.69. The van der Waals surface area contributed by atoms with E-state index in [4.69, 9.17) is 4.98 Å². The Morgan fingerprint density at radius 1 is 1.14 bits per heavy atom. The summed E-state index contributed by atoms with van der Waals surface area (Å²) in [5.41, 5.74) is 1.55. The normalized spacial score (nSPS) is 21.5. The molecule has 190 valence electrons. The second-order valence-electron chi connectivity index (χ2n) is 9.51. The highest BCUT2D eigenvalue weighted by Gasteiger charge is 2.50. The number of benzene rings is 2. The molecule has 4 aromatic rings. The van der Waals surface area contributed by atoms with Crippen LogP contribution in [0, 0.1) is 5.82 Å². The van der Waals surface area contributed by atoms with Gasteiger partial charge in [0.05, 0.1) is 11.2 Å². The van der Waals surface area contributed by atoms with Crippen LogP contribution < -0.4 is 10.9 Å². The standard InChI is InChI=1S/C28H29FN6O2/c1-19-16-28(35-15-13-26(37)33-35,22-8-10-23(29)11-9-22)24(18-34(19)20(2)36)25-12-14-30-27(32-25)31-17-21-6-4-3-5-7-21/h3-15,19,24H,16-18H2,1-2H3,(H,33,37)(H,30,31,32). The molecular formula is C28H29FN6O2. The molecule has 1 fully saturated rings. The summed E-state index contributed by atoms with van der Waals surface area (Å²) in [6.45, 7) is 4.47. The molecule has 1 aliphatic heterocycles. The van der Waals surface area contributed by atoms with Gasteiger partial charge in [0.15, 0.2) is 0 Å². The molecule has 3 atom stereocenters. The monoisotopic (exact) mass is 500 g/mol. The molecule has 37 heavy (non-hydrogen) atoms. The lowest BCUT2D eigenvalue weighted by Gasteiger charge is -2.51. The Hall–Kier alpha value is -4.27. The number of nitrogens with one attached hydrogen (secondary N) is 2. The van der Waals surface area contributed by atoms with Gasteiger partial charge in [0, 0.05) is 50.4 Å². The quantitative estimate of drug-likeness (QED) is 0.419. The molecule has 1 saturated heterocycles. The first-order valence-corrected chi connectivity index (χ1v) is 12.3. The first-order chi connectivity index (χ1) is 17.9. The third kappa shape index (κ3) is 4.76. The average molecular weight is 501 g/mol. The molecular weight excluding hydrogens is 471 g/mol. The minimum atomic E-state index is -0.827. The molecule has 1 aliphatic rings. The number of anilines is 1. The van der Waals surface area contributed by atoms with Crippen LogP contribution in [0.25, 0.3) is 0 Å². The van der Waals surface area contributed by atoms with Crippen LogP contribution in [-0.2, 0) is 16.9 Å². The van der Waals surface area contributed by atoms with Crippen molar-refractivity contribution in [3.05, 3.63) is 112 Å². The van der Waals surface area contributed by atoms with E-state index in [2.05, 4.69) is 15.4 Å². The molecule has 0 bridgehead atoms. The predicted octanol–water partition coefficient (Wildman–Crippen LogP) is 3.89. The summed E-state index contributed by atoms with van der Waals surface area (Å²) in [4.78, 5) is 36.0. The molecule has 9 heteroatoms. The van der Waals surface area contributed by atoms with Crippen LogP contribution in [0.3, 0.4) is 0 Å². The maximum Gasteiger partial charge on any atom is 0.264 e. The van der Waals surface area contributed by atoms with Crippen molar-refractivity contribution >= 4 is 11.9 Å². The Morgan fingerprint density at radius 3 is 2.57 bits per heavy atom. The molecule has 0 aliphatic carbocycles. The van der Waals surface area contributed by atoms with Crippen LogP contribution in [-0.4, -0.2) is 43.1 Å². The molecule has 8 nitrogen and oxygen atoms in total. The summed E-state index contributed by atoms with van der Waals surface area (Å²) in [5, 5.41) is 6.21. The Bertz CT molecular complexity index is 1430. The molecule has 3 heterocycles. The fourth-order valence-corrected chi connectivity index (χ4v) is 5.47. The zero-order valence-corrected chi connectivity index (χ0v) is 20.8. The Morgan fingerprint density at radius 2 is 1.89 bits per heavy atom. The molecule has 1 amide bonds. The van der Waals surface area contributed by atoms with Crippen molar-refractivity contribution in [3.63, 3.8) is 0 Å². The fourth-order valence-electron chi connectivity index (χ4n) is 5.47. The van der Waals surface area contributed by atoms with Crippen molar-refractivity contribution in [2.45, 2.75) is 44.3 Å². The molecule has 0 spiro atoms. The van der Waals surface area contributed by atoms with Gasteiger partial charge < -0.3 is 10.2 Å². The number of hydrogen-bond donors (Lipinski definition) is 2. The van der Waals surface area contributed by atoms with Gasteiger partial charge in [-0.05, 0) is 42.7 Å². The molecule has 2 N–H and O–H groups in total. The number of amides is 1. The molecule has 2 aromatic heterocycles. The lowest BCUT2D eigenvalue weighted by Crippen LogP contribution is -2.57. The van der Waals surface area contributed by atoms with Crippen LogP contribution in [0.15, 0.2) is 83.9 Å². The number of rotatable bonds is 6. The topological polar surface area (TPSA) is 95.9 Å². The highest BCUT2D eigenvalue weighted by molar-refractivity contribution is 5.74. The molecule has 2 aromatic carbocycles. The van der Waals surface area contributed by atoms with Crippen molar-refractivity contribution in [2.75, 3.05) is 11.9 Å². The van der Waals surface area contributed by atoms with Gasteiger partial charge in [-0.1, -0.05) is 42.5 Å². The molecule has 3 unspecified atom stereocenters. The zero-order valence-electron chi connectivity index (χ0n) is 20.8. The van der Waals surface area contributed by atoms with Crippen LogP contribution in [0.2, 0.25) is 0 Å². The average Bonchev–Trinajstić information content (AvgIpc) is 3.35. The van der Waals surface area contributed by atoms with Crippen LogP contribution in [0.4, 0.5) is 10.3 Å². The van der Waals surface area contributed by atoms with Gasteiger partial charge in [0.1, 0.15) is 5.82 Å². The number of H-pyrrole nitrogens is 1. The van der Waals surface area contributed by atoms with Crippen LogP contribution in [0.1, 0.15) is 43.0 Å². The van der Waals surface area contributed by atoms with E-state index in [1.165, 1.54) is 18.2 Å². The SMILES string of the molecule is CC(=O)N1CC(c2ccnc(NCc3ccccc3)n2)C(c2ccc(F)cc2)(n2ccc(=O)[nH]2)CC1C. The van der Waals surface area contributed by atoms with Gasteiger partial charge in [-0.3, -0.25) is 19.4 Å². The van der Waals surface area contributed by atoms with E-state index < -0.39 is 5.54 Å². The zero-order chi connectivity index (χ0) is 26.0. The van der Waals surface area contributed by atoms with Crippen molar-refractivity contribution in [1.29, 1.82) is 0 Å². The smallest absolute Gasteiger partial charge is 0.264 e. The summed E-state index contributed by atoms with van der Waals surface area (Å²) < 4.78 is 15.8. The summed E-state index contributed by atoms with van der Waals surface area (Å²) in [5.74, 6) is -0.285. The van der Waals surface area contributed by atoms with E-state index in [1.54, 1.807) is 36.1 Å². The number of carbonyl (C=O) groups excluding carboxylic acids is 1. The van der Waals surface area contributed by atoms with Crippen molar-refractivity contribution in [2.24, 2.45) is 0 Å². The van der Waals surface area contributed by atoms with Crippen molar-refractivity contribution < 1.29 is 9.18 Å². The molecule has 5 rings (SSSR count). The number of nitrogens with zero attached hydrogens (tertiary/aromatic N) is 4. The minimum absolute atomic E-state index is 0.0392. The van der Waals surface area contributed by atoms with Crippen molar-refractivity contribution in [3.8, 4) is 0 Å². The number of hydrogen-bond acceptors (Lipinski definition) is 5. The van der Waals surface area contributed by atoms with E-state index in [-0.39, 0.29) is 29.2 Å². The Kier molecular flexibility index (Phi) is 6.60. The van der Waals surface area contributed by atoms with Gasteiger partial charge in [-0.2, -0.15) is 0 Å². The highest BCUT2D eigenvalue weighted by atomic mass is 19.1. The van der Waals surface area contributed by atoms with E-state index in [0.717, 1.165) is 11.1 Å². The van der Waals surface area contributed by atoms with Gasteiger partial charge in [-0.15, -0.1) is 0 Å². The number of halogens is 1. The summed E-state index contributed by atoms with van der Waals surface area (Å²) in [7, 11) is 0. The van der Waals surface area contributed by atoms with E-state index >= 15 is 0 Å². The number of aromatic amines is 1. The largest absolute Gasteiger partial charge is 0.350 e. The highest BCUT2D eigenvalue weighted by Crippen LogP contribution is 2.47. The molecule has 0 radical (unpaired) electrons. The van der Waals surface area contributed by atoms with Gasteiger partial charge in [0.25, 0.3) is 5.56 Å². The maximum absolute atomic E-state index is 14.0. The third-order valence-electron chi connectivity index (χ3n) is 7.21. The fraction of sp³-hybridized carbons (Fsp3) is 0.286. The predicted molar refractivity (Wildman–Crippen MR) is 139 cm³/mol. The molecule has 0 saturated carbocycles. The van der Waals surface area contributed by atoms with E-state index in [9.17, 15) is 14.0 Å². The van der Waals surface area contributed by atoms with Gasteiger partial charge in [-0.25, -0.2) is 14.4 Å². The van der Waals surface area contributed by atoms with Crippen LogP contribution >= 0.6 is 0 Å². The summed E-state index contributed by atoms with van der Waals surface area (Å²) in [6.07, 6.45) is 3.90. The second kappa shape index (κ2) is 10.0. The first-order valence-electron chi connectivity index (χ1n) is 12.3. The number of likely N-dealkylation sites (tertiary alicyclic amines) is 1. The second-order valence-corrected chi connectivity index (χ2v) is 9.51. The summed E-state index contributed by atoms with van der Waals surface area (Å²) in [6, 6.07) is 19.5. The Balaban J connectivity index is 1.62. The third-order valence-corrected chi connectivity index (χ3v) is 7.21. The van der Waals surface area contributed by atoms with Gasteiger partial charge in [0.2, 0.25) is 11.9 Å². The van der Waals surface area contributed by atoms with Gasteiger partial charge >= 0.3 is 0 Å². The minimum Gasteiger partial charge on any atom is -0.350 e. The number of piperidine rings is 1. The first kappa shape index (κ1) is 24.4. The van der Waals surface area contributed by atoms with E-state index in [0.29, 0.717) is 31.2 Å². The Labute approximate surface area is 214 Å². The number of aromatic nitrogens is 4. The van der Waals surface area contributed by atoms with Crippen molar-refractivity contribution in [1.82, 2.24) is 24.6 Å². The van der Waals surface area contributed by atoms with Crippen LogP contribution in [0.5, 0.6) is 0 Å². The maximum atomic E-state index is 14.0. The number of carbonyl (C=O) groups is 1. The van der Waals surface area contributed by atoms with E-state index in [1.807, 2.05) is 48.2 Å². The summed E-state index contributed by atoms with van der Waals surface area (Å²) >= 11 is 0.